The second-order valence-electron chi connectivity index (χ2n) is 2.72. The average Bonchev–Trinajstić information content (AvgIpc) is 2.18. The maximum Gasteiger partial charge on any atom is 0.151 e. The summed E-state index contributed by atoms with van der Waals surface area (Å²) in [5.41, 5.74) is -0.104. The highest BCUT2D eigenvalue weighted by atomic mass is 35.5. The number of hydrogen-bond donors (Lipinski definition) is 1. The van der Waals surface area contributed by atoms with Gasteiger partial charge in [0, 0.05) is 12.1 Å². The minimum Gasteiger partial charge on any atom is -0.316 e. The summed E-state index contributed by atoms with van der Waals surface area (Å²) in [5, 5.41) is 2.75. The molecule has 1 nitrogen and oxygen atoms in total. The van der Waals surface area contributed by atoms with Gasteiger partial charge in [0.1, 0.15) is 5.82 Å². The van der Waals surface area contributed by atoms with E-state index in [9.17, 15) is 8.78 Å². The Balaban J connectivity index is 3.00. The van der Waals surface area contributed by atoms with Crippen molar-refractivity contribution in [2.75, 3.05) is 13.6 Å². The zero-order valence-corrected chi connectivity index (χ0v) is 8.41. The fourth-order valence-electron chi connectivity index (χ4n) is 0.990. The number of hydrogen-bond acceptors (Lipinski definition) is 1. The third kappa shape index (κ3) is 2.53. The molecule has 0 heterocycles. The Morgan fingerprint density at radius 2 is 2.14 bits per heavy atom. The Morgan fingerprint density at radius 1 is 1.43 bits per heavy atom. The van der Waals surface area contributed by atoms with Crippen LogP contribution in [0.3, 0.4) is 0 Å². The summed E-state index contributed by atoms with van der Waals surface area (Å²) < 4.78 is 26.3. The van der Waals surface area contributed by atoms with Crippen LogP contribution in [-0.2, 0) is 0 Å². The van der Waals surface area contributed by atoms with E-state index in [4.69, 9.17) is 11.6 Å². The number of nitrogens with one attached hydrogen (secondary N) is 1. The summed E-state index contributed by atoms with van der Waals surface area (Å²) in [5.74, 6) is -1.33. The van der Waals surface area contributed by atoms with Crippen LogP contribution in [0.25, 0.3) is 6.08 Å². The highest BCUT2D eigenvalue weighted by Crippen LogP contribution is 2.21. The molecule has 1 aromatic rings. The topological polar surface area (TPSA) is 12.0 Å². The summed E-state index contributed by atoms with van der Waals surface area (Å²) in [6.45, 7) is 0.547. The molecule has 1 aromatic carbocycles. The van der Waals surface area contributed by atoms with Crippen LogP contribution in [0.5, 0.6) is 0 Å². The van der Waals surface area contributed by atoms with E-state index < -0.39 is 11.6 Å². The van der Waals surface area contributed by atoms with Gasteiger partial charge in [0.2, 0.25) is 0 Å². The number of likely N-dealkylation sites (N-methyl/N-ethyl adjacent to an activating group) is 1. The molecule has 14 heavy (non-hydrogen) atoms. The van der Waals surface area contributed by atoms with Crippen molar-refractivity contribution in [1.82, 2.24) is 5.32 Å². The number of rotatable bonds is 3. The molecule has 0 spiro atoms. The molecule has 0 saturated heterocycles. The first kappa shape index (κ1) is 11.1. The van der Waals surface area contributed by atoms with Gasteiger partial charge in [0.15, 0.2) is 5.82 Å². The lowest BCUT2D eigenvalue weighted by Crippen LogP contribution is -2.04. The molecule has 0 amide bonds. The van der Waals surface area contributed by atoms with E-state index in [0.717, 1.165) is 6.07 Å². The van der Waals surface area contributed by atoms with E-state index in [1.165, 1.54) is 12.1 Å². The second-order valence-corrected chi connectivity index (χ2v) is 3.12. The van der Waals surface area contributed by atoms with Gasteiger partial charge in [-0.15, -0.1) is 0 Å². The van der Waals surface area contributed by atoms with Crippen molar-refractivity contribution in [3.8, 4) is 0 Å². The molecule has 1 N–H and O–H groups in total. The Labute approximate surface area is 86.4 Å². The van der Waals surface area contributed by atoms with E-state index in [-0.39, 0.29) is 10.6 Å². The lowest BCUT2D eigenvalue weighted by molar-refractivity contribution is 0.579. The molecule has 0 saturated carbocycles. The van der Waals surface area contributed by atoms with Crippen LogP contribution in [0, 0.1) is 11.6 Å². The summed E-state index contributed by atoms with van der Waals surface area (Å²) in [6, 6.07) is 2.34. The first-order chi connectivity index (χ1) is 6.66. The average molecular weight is 218 g/mol. The molecule has 0 bridgehead atoms. The molecule has 4 heteroatoms. The SMILES string of the molecule is CNCC=Cc1c(F)ccc(Cl)c1F. The van der Waals surface area contributed by atoms with Crippen LogP contribution in [0.1, 0.15) is 5.56 Å². The van der Waals surface area contributed by atoms with E-state index in [0.29, 0.717) is 6.54 Å². The van der Waals surface area contributed by atoms with Gasteiger partial charge in [-0.1, -0.05) is 23.8 Å². The number of benzene rings is 1. The van der Waals surface area contributed by atoms with Crippen LogP contribution in [0.4, 0.5) is 8.78 Å². The van der Waals surface area contributed by atoms with Crippen molar-refractivity contribution < 1.29 is 8.78 Å². The molecule has 0 atom stereocenters. The smallest absolute Gasteiger partial charge is 0.151 e. The molecule has 0 unspecified atom stereocenters. The molecule has 76 valence electrons. The quantitative estimate of drug-likeness (QED) is 0.768. The van der Waals surface area contributed by atoms with Crippen molar-refractivity contribution in [3.63, 3.8) is 0 Å². The predicted octanol–water partition coefficient (Wildman–Crippen LogP) is 2.85. The van der Waals surface area contributed by atoms with Crippen molar-refractivity contribution in [2.45, 2.75) is 0 Å². The largest absolute Gasteiger partial charge is 0.316 e. The van der Waals surface area contributed by atoms with Crippen LogP contribution < -0.4 is 5.32 Å². The van der Waals surface area contributed by atoms with Crippen LogP contribution in [0.15, 0.2) is 18.2 Å². The van der Waals surface area contributed by atoms with Crippen molar-refractivity contribution >= 4 is 17.7 Å². The van der Waals surface area contributed by atoms with Gasteiger partial charge in [-0.2, -0.15) is 0 Å². The van der Waals surface area contributed by atoms with Gasteiger partial charge >= 0.3 is 0 Å². The third-order valence-corrected chi connectivity index (χ3v) is 1.98. The highest BCUT2D eigenvalue weighted by molar-refractivity contribution is 6.30. The Hall–Kier alpha value is -0.930. The molecular weight excluding hydrogens is 208 g/mol. The number of halogens is 3. The normalized spacial score (nSPS) is 11.1. The van der Waals surface area contributed by atoms with Gasteiger partial charge in [0.05, 0.1) is 5.02 Å². The highest BCUT2D eigenvalue weighted by Gasteiger charge is 2.08. The molecule has 1 rings (SSSR count). The molecular formula is C10H10ClF2N. The molecule has 0 aliphatic rings. The monoisotopic (exact) mass is 217 g/mol. The maximum atomic E-state index is 13.2. The van der Waals surface area contributed by atoms with Crippen LogP contribution >= 0.6 is 11.6 Å². The molecule has 0 radical (unpaired) electrons. The van der Waals surface area contributed by atoms with Crippen molar-refractivity contribution in [3.05, 3.63) is 40.4 Å². The predicted molar refractivity (Wildman–Crippen MR) is 54.3 cm³/mol. The third-order valence-electron chi connectivity index (χ3n) is 1.69. The Bertz CT molecular complexity index is 350. The van der Waals surface area contributed by atoms with Gasteiger partial charge in [-0.05, 0) is 19.2 Å². The molecule has 0 fully saturated rings. The van der Waals surface area contributed by atoms with E-state index in [2.05, 4.69) is 5.32 Å². The van der Waals surface area contributed by atoms with E-state index in [1.807, 2.05) is 0 Å². The van der Waals surface area contributed by atoms with Gasteiger partial charge < -0.3 is 5.32 Å². The Morgan fingerprint density at radius 3 is 2.79 bits per heavy atom. The summed E-state index contributed by atoms with van der Waals surface area (Å²) in [7, 11) is 1.75. The second kappa shape index (κ2) is 5.08. The van der Waals surface area contributed by atoms with Crippen LogP contribution in [0.2, 0.25) is 5.02 Å². The minimum atomic E-state index is -0.723. The van der Waals surface area contributed by atoms with Crippen LogP contribution in [-0.4, -0.2) is 13.6 Å². The van der Waals surface area contributed by atoms with E-state index >= 15 is 0 Å². The first-order valence-electron chi connectivity index (χ1n) is 4.11. The van der Waals surface area contributed by atoms with Gasteiger partial charge in [-0.25, -0.2) is 8.78 Å². The lowest BCUT2D eigenvalue weighted by Gasteiger charge is -2.00. The van der Waals surface area contributed by atoms with Gasteiger partial charge in [0.25, 0.3) is 0 Å². The maximum absolute atomic E-state index is 13.2. The van der Waals surface area contributed by atoms with Gasteiger partial charge in [-0.3, -0.25) is 0 Å². The Kier molecular flexibility index (Phi) is 4.04. The zero-order valence-electron chi connectivity index (χ0n) is 7.65. The molecule has 0 aliphatic carbocycles. The summed E-state index contributed by atoms with van der Waals surface area (Å²) in [6.07, 6.45) is 2.99. The molecule has 0 aliphatic heterocycles. The molecule has 0 aromatic heterocycles. The standard InChI is InChI=1S/C10H10ClF2N/c1-14-6-2-3-7-9(12)5-4-8(11)10(7)13/h2-5,14H,6H2,1H3. The fraction of sp³-hybridized carbons (Fsp3) is 0.200. The lowest BCUT2D eigenvalue weighted by atomic mass is 10.2. The summed E-state index contributed by atoms with van der Waals surface area (Å²) in [4.78, 5) is 0. The first-order valence-corrected chi connectivity index (χ1v) is 4.49. The van der Waals surface area contributed by atoms with Crippen molar-refractivity contribution in [1.29, 1.82) is 0 Å². The zero-order chi connectivity index (χ0) is 10.6. The van der Waals surface area contributed by atoms with E-state index in [1.54, 1.807) is 13.1 Å². The summed E-state index contributed by atoms with van der Waals surface area (Å²) >= 11 is 5.51. The fourth-order valence-corrected chi connectivity index (χ4v) is 1.15. The van der Waals surface area contributed by atoms with Crippen molar-refractivity contribution in [2.24, 2.45) is 0 Å². The minimum absolute atomic E-state index is 0.0736.